The highest BCUT2D eigenvalue weighted by Gasteiger charge is 2.29. The summed E-state index contributed by atoms with van der Waals surface area (Å²) in [4.78, 5) is 27.5. The lowest BCUT2D eigenvalue weighted by Crippen LogP contribution is -2.21. The second-order valence-electron chi connectivity index (χ2n) is 9.02. The van der Waals surface area contributed by atoms with E-state index in [1.807, 2.05) is 20.8 Å². The number of aliphatic imine (C=N–C) groups is 2. The van der Waals surface area contributed by atoms with Crippen LogP contribution in [0.2, 0.25) is 0 Å². The monoisotopic (exact) mass is 495 g/mol. The molecule has 1 aliphatic rings. The molecule has 0 unspecified atom stereocenters. The number of ether oxygens (including phenoxy) is 1. The smallest absolute Gasteiger partial charge is 0.303 e. The lowest BCUT2D eigenvalue weighted by atomic mass is 9.92. The van der Waals surface area contributed by atoms with Crippen molar-refractivity contribution in [1.82, 2.24) is 4.98 Å². The summed E-state index contributed by atoms with van der Waals surface area (Å²) in [6.45, 7) is 9.61. The van der Waals surface area contributed by atoms with Gasteiger partial charge in [0.05, 0.1) is 0 Å². The molecule has 1 aliphatic carbocycles. The second-order valence-corrected chi connectivity index (χ2v) is 9.41. The van der Waals surface area contributed by atoms with E-state index >= 15 is 0 Å². The Hall–Kier alpha value is -3.86. The quantitative estimate of drug-likeness (QED) is 0.248. The van der Waals surface area contributed by atoms with E-state index in [9.17, 15) is 4.79 Å². The number of H-pyrrole nitrogens is 1. The van der Waals surface area contributed by atoms with Crippen molar-refractivity contribution in [3.05, 3.63) is 42.4 Å². The molecule has 6 N–H and O–H groups in total. The number of hydrogen-bond acceptors (Lipinski definition) is 6. The summed E-state index contributed by atoms with van der Waals surface area (Å²) in [7, 11) is 1.77. The Bertz CT molecular complexity index is 1180. The van der Waals surface area contributed by atoms with Crippen molar-refractivity contribution in [2.24, 2.45) is 27.1 Å². The molecule has 3 rings (SSSR count). The lowest BCUT2D eigenvalue weighted by molar-refractivity contribution is -0.360. The fourth-order valence-electron chi connectivity index (χ4n) is 3.01. The van der Waals surface area contributed by atoms with Gasteiger partial charge in [-0.05, 0) is 37.8 Å². The lowest BCUT2D eigenvalue weighted by Gasteiger charge is -2.18. The van der Waals surface area contributed by atoms with Gasteiger partial charge < -0.3 is 21.1 Å². The molecule has 1 amide bonds. The molecule has 0 spiro atoms. The van der Waals surface area contributed by atoms with Crippen molar-refractivity contribution in [3.63, 3.8) is 0 Å². The number of nitrogens with one attached hydrogen (secondary N) is 4. The average molecular weight is 496 g/mol. The largest absolute Gasteiger partial charge is 0.453 e. The predicted molar refractivity (Wildman–Crippen MR) is 143 cm³/mol. The van der Waals surface area contributed by atoms with E-state index < -0.39 is 0 Å². The molecule has 184 valence electrons. The summed E-state index contributed by atoms with van der Waals surface area (Å²) in [5.74, 6) is 2.40. The highest BCUT2D eigenvalue weighted by Crippen LogP contribution is 2.31. The van der Waals surface area contributed by atoms with Gasteiger partial charge in [-0.2, -0.15) is 4.99 Å². The second kappa shape index (κ2) is 11.0. The van der Waals surface area contributed by atoms with Gasteiger partial charge in [-0.1, -0.05) is 20.8 Å². The van der Waals surface area contributed by atoms with Crippen molar-refractivity contribution in [2.45, 2.75) is 33.6 Å². The van der Waals surface area contributed by atoms with E-state index in [0.29, 0.717) is 34.5 Å². The van der Waals surface area contributed by atoms with Crippen molar-refractivity contribution in [1.29, 1.82) is 0 Å². The van der Waals surface area contributed by atoms with Gasteiger partial charge in [0.15, 0.2) is 5.75 Å². The number of amidine groups is 1. The van der Waals surface area contributed by atoms with E-state index in [-0.39, 0.29) is 28.2 Å². The maximum absolute atomic E-state index is 12.0. The van der Waals surface area contributed by atoms with Crippen molar-refractivity contribution >= 4 is 53.1 Å². The van der Waals surface area contributed by atoms with Crippen molar-refractivity contribution < 1.29 is 14.5 Å². The summed E-state index contributed by atoms with van der Waals surface area (Å²) < 4.78 is 5.94. The van der Waals surface area contributed by atoms with Crippen LogP contribution in [0.4, 0.5) is 17.3 Å². The number of thiocarbonyl (C=S) groups is 1. The molecule has 11 heteroatoms. The molecule has 2 aromatic rings. The fourth-order valence-corrected chi connectivity index (χ4v) is 3.22. The van der Waals surface area contributed by atoms with Crippen LogP contribution in [0.3, 0.4) is 0 Å². The van der Waals surface area contributed by atoms with E-state index in [0.717, 1.165) is 12.8 Å². The first-order chi connectivity index (χ1) is 16.6. The number of rotatable bonds is 8. The van der Waals surface area contributed by atoms with Crippen LogP contribution < -0.4 is 31.4 Å². The third kappa shape index (κ3) is 7.57. The maximum atomic E-state index is 12.0. The number of carbonyl (C=O) groups excluding carboxylic acids is 1. The van der Waals surface area contributed by atoms with Crippen molar-refractivity contribution in [3.8, 4) is 11.5 Å². The molecule has 1 fully saturated rings. The number of nitrogens with zero attached hydrogens (tertiary/aromatic N) is 3. The number of carbonyl (C=O) groups is 1. The predicted octanol–water partition coefficient (Wildman–Crippen LogP) is 3.76. The normalized spacial score (nSPS) is 14.2. The Morgan fingerprint density at radius 3 is 2.69 bits per heavy atom. The third-order valence-electron chi connectivity index (χ3n) is 5.04. The minimum atomic E-state index is -0.224. The zero-order valence-electron chi connectivity index (χ0n) is 20.3. The molecule has 0 aromatic carbocycles. The number of amides is 1. The molecule has 2 heterocycles. The molecule has 0 saturated heterocycles. The maximum Gasteiger partial charge on any atom is 0.303 e. The highest BCUT2D eigenvalue weighted by atomic mass is 32.1. The van der Waals surface area contributed by atoms with Gasteiger partial charge in [-0.15, -0.1) is 0 Å². The standard InChI is InChI=1S/C24H30N8O2S/c1-24(2,3)18(27-5)12-19(25)30-23(35)32-21-17(26-4)10-16(13-29-21)34-15-8-9-28-20(11-15)31-22(33)14-6-7-14/h8-14,26H,5-7H2,1-4H3,(H,28,31,33)(H3,25,29,30,32,35)/p+1/b18-12-. The SMILES string of the molecule is C=N/C(=C\C(N)=N/C(=S)Nc1[nH+]cc(Oc2ccnc(NC(=O)C3CC3)c2)cc1NC)C(C)(C)C. The van der Waals surface area contributed by atoms with Gasteiger partial charge in [0, 0.05) is 48.5 Å². The number of pyridine rings is 2. The van der Waals surface area contributed by atoms with Gasteiger partial charge >= 0.3 is 5.82 Å². The topological polar surface area (TPSA) is 140 Å². The number of nitrogens with two attached hydrogens (primary N) is 1. The molecule has 35 heavy (non-hydrogen) atoms. The van der Waals surface area contributed by atoms with Gasteiger partial charge in [-0.3, -0.25) is 9.79 Å². The van der Waals surface area contributed by atoms with E-state index in [2.05, 4.69) is 42.6 Å². The number of allylic oxidation sites excluding steroid dienone is 1. The zero-order chi connectivity index (χ0) is 25.6. The molecule has 2 aromatic heterocycles. The average Bonchev–Trinajstić information content (AvgIpc) is 3.63. The molecule has 0 aliphatic heterocycles. The van der Waals surface area contributed by atoms with E-state index in [1.54, 1.807) is 43.7 Å². The zero-order valence-corrected chi connectivity index (χ0v) is 21.1. The Kier molecular flexibility index (Phi) is 8.13. The van der Waals surface area contributed by atoms with Crippen LogP contribution in [0.1, 0.15) is 33.6 Å². The van der Waals surface area contributed by atoms with Crippen molar-refractivity contribution in [2.75, 3.05) is 23.0 Å². The Labute approximate surface area is 210 Å². The summed E-state index contributed by atoms with van der Waals surface area (Å²) in [6.07, 6.45) is 6.75. The molecule has 0 bridgehead atoms. The van der Waals surface area contributed by atoms with Gasteiger partial charge in [0.1, 0.15) is 29.3 Å². The molecule has 10 nitrogen and oxygen atoms in total. The van der Waals surface area contributed by atoms with Crippen LogP contribution in [-0.4, -0.2) is 35.6 Å². The molecule has 1 saturated carbocycles. The van der Waals surface area contributed by atoms with E-state index in [1.165, 1.54) is 0 Å². The molecule has 0 radical (unpaired) electrons. The number of anilines is 3. The number of aromatic amines is 1. The van der Waals surface area contributed by atoms with Gasteiger partial charge in [0.2, 0.25) is 5.91 Å². The van der Waals surface area contributed by atoms with Gasteiger partial charge in [-0.25, -0.2) is 15.3 Å². The molecular formula is C24H31N8O2S+. The first-order valence-electron chi connectivity index (χ1n) is 11.1. The Balaban J connectivity index is 1.69. The van der Waals surface area contributed by atoms with Crippen LogP contribution in [0.5, 0.6) is 11.5 Å². The first kappa shape index (κ1) is 25.8. The van der Waals surface area contributed by atoms with Crippen LogP contribution in [0, 0.1) is 11.3 Å². The van der Waals surface area contributed by atoms with Gasteiger partial charge in [0.25, 0.3) is 5.11 Å². The van der Waals surface area contributed by atoms with Crippen LogP contribution >= 0.6 is 12.2 Å². The fraction of sp³-hybridized carbons (Fsp3) is 0.333. The minimum absolute atomic E-state index is 0.0129. The van der Waals surface area contributed by atoms with Crippen LogP contribution in [0.15, 0.2) is 52.4 Å². The minimum Gasteiger partial charge on any atom is -0.453 e. The number of aromatic nitrogens is 2. The Morgan fingerprint density at radius 2 is 2.06 bits per heavy atom. The first-order valence-corrected chi connectivity index (χ1v) is 11.5. The molecular weight excluding hydrogens is 464 g/mol. The Morgan fingerprint density at radius 1 is 1.31 bits per heavy atom. The number of hydrogen-bond donors (Lipinski definition) is 4. The van der Waals surface area contributed by atoms with Crippen LogP contribution in [0.25, 0.3) is 0 Å². The third-order valence-corrected chi connectivity index (χ3v) is 5.23. The summed E-state index contributed by atoms with van der Waals surface area (Å²) in [6, 6.07) is 5.17. The highest BCUT2D eigenvalue weighted by molar-refractivity contribution is 7.80. The summed E-state index contributed by atoms with van der Waals surface area (Å²) in [5, 5.41) is 9.08. The summed E-state index contributed by atoms with van der Waals surface area (Å²) >= 11 is 5.34. The molecule has 0 atom stereocenters. The van der Waals surface area contributed by atoms with Crippen LogP contribution in [-0.2, 0) is 4.79 Å². The summed E-state index contributed by atoms with van der Waals surface area (Å²) in [5.41, 5.74) is 7.20. The van der Waals surface area contributed by atoms with E-state index in [4.69, 9.17) is 22.7 Å².